The maximum absolute atomic E-state index is 12.2. The fraction of sp³-hybridized carbons (Fsp3) is 0. The Kier molecular flexibility index (Phi) is 2.77. The SMILES string of the molecule is O=C1c2ccncc2C(=O)N1c1cccc(Cl)c1Cl. The highest BCUT2D eigenvalue weighted by molar-refractivity contribution is 6.46. The summed E-state index contributed by atoms with van der Waals surface area (Å²) in [5, 5.41) is 0.459. The predicted octanol–water partition coefficient (Wildman–Crippen LogP) is 3.19. The number of rotatable bonds is 1. The third kappa shape index (κ3) is 1.72. The fourth-order valence-electron chi connectivity index (χ4n) is 1.97. The van der Waals surface area contributed by atoms with Gasteiger partial charge in [-0.2, -0.15) is 0 Å². The van der Waals surface area contributed by atoms with Crippen LogP contribution in [-0.2, 0) is 0 Å². The van der Waals surface area contributed by atoms with Crippen molar-refractivity contribution in [3.8, 4) is 0 Å². The lowest BCUT2D eigenvalue weighted by molar-refractivity contribution is 0.0926. The topological polar surface area (TPSA) is 50.3 Å². The van der Waals surface area contributed by atoms with Gasteiger partial charge >= 0.3 is 0 Å². The second-order valence-electron chi connectivity index (χ2n) is 3.94. The van der Waals surface area contributed by atoms with Gasteiger partial charge in [0.15, 0.2) is 0 Å². The third-order valence-electron chi connectivity index (χ3n) is 2.86. The molecule has 0 radical (unpaired) electrons. The molecule has 6 heteroatoms. The van der Waals surface area contributed by atoms with Crippen molar-refractivity contribution < 1.29 is 9.59 Å². The van der Waals surface area contributed by atoms with Gasteiger partial charge in [0.05, 0.1) is 26.9 Å². The van der Waals surface area contributed by atoms with Crippen molar-refractivity contribution >= 4 is 40.7 Å². The Balaban J connectivity index is 2.17. The van der Waals surface area contributed by atoms with Crippen molar-refractivity contribution in [3.63, 3.8) is 0 Å². The smallest absolute Gasteiger partial charge is 0.267 e. The maximum Gasteiger partial charge on any atom is 0.267 e. The molecular formula is C13H6Cl2N2O2. The van der Waals surface area contributed by atoms with Crippen LogP contribution in [0.2, 0.25) is 10.0 Å². The van der Waals surface area contributed by atoms with E-state index in [2.05, 4.69) is 4.98 Å². The molecule has 0 spiro atoms. The van der Waals surface area contributed by atoms with Gasteiger partial charge in [0, 0.05) is 12.4 Å². The summed E-state index contributed by atoms with van der Waals surface area (Å²) < 4.78 is 0. The molecule has 19 heavy (non-hydrogen) atoms. The quantitative estimate of drug-likeness (QED) is 0.759. The summed E-state index contributed by atoms with van der Waals surface area (Å²) in [6, 6.07) is 6.30. The zero-order valence-electron chi connectivity index (χ0n) is 9.43. The number of amides is 2. The number of benzene rings is 1. The first kappa shape index (κ1) is 12.1. The summed E-state index contributed by atoms with van der Waals surface area (Å²) in [6.45, 7) is 0. The minimum atomic E-state index is -0.447. The van der Waals surface area contributed by atoms with E-state index < -0.39 is 11.8 Å². The molecule has 0 saturated carbocycles. The summed E-state index contributed by atoms with van der Waals surface area (Å²) >= 11 is 12.0. The number of halogens is 2. The Morgan fingerprint density at radius 2 is 1.74 bits per heavy atom. The van der Waals surface area contributed by atoms with E-state index in [9.17, 15) is 9.59 Å². The van der Waals surface area contributed by atoms with Gasteiger partial charge in [-0.1, -0.05) is 29.3 Å². The molecule has 0 bridgehead atoms. The first-order chi connectivity index (χ1) is 9.11. The first-order valence-electron chi connectivity index (χ1n) is 5.38. The van der Waals surface area contributed by atoms with Crippen molar-refractivity contribution in [2.45, 2.75) is 0 Å². The fourth-order valence-corrected chi connectivity index (χ4v) is 2.35. The Morgan fingerprint density at radius 1 is 1.00 bits per heavy atom. The lowest BCUT2D eigenvalue weighted by Crippen LogP contribution is -2.29. The number of carbonyl (C=O) groups excluding carboxylic acids is 2. The maximum atomic E-state index is 12.2. The normalized spacial score (nSPS) is 13.9. The minimum Gasteiger partial charge on any atom is -0.268 e. The molecule has 1 aliphatic rings. The molecule has 0 atom stereocenters. The molecule has 94 valence electrons. The summed E-state index contributed by atoms with van der Waals surface area (Å²) in [5.74, 6) is -0.871. The second-order valence-corrected chi connectivity index (χ2v) is 4.73. The van der Waals surface area contributed by atoms with E-state index in [0.29, 0.717) is 5.56 Å². The number of carbonyl (C=O) groups is 2. The van der Waals surface area contributed by atoms with Crippen LogP contribution in [0.3, 0.4) is 0 Å². The molecule has 0 fully saturated rings. The van der Waals surface area contributed by atoms with E-state index in [1.54, 1.807) is 18.2 Å². The average molecular weight is 293 g/mol. The van der Waals surface area contributed by atoms with Crippen LogP contribution in [0.5, 0.6) is 0 Å². The molecule has 1 aromatic heterocycles. The Hall–Kier alpha value is -1.91. The van der Waals surface area contributed by atoms with Gasteiger partial charge in [0.1, 0.15) is 0 Å². The molecule has 2 amide bonds. The van der Waals surface area contributed by atoms with Gasteiger partial charge in [-0.25, -0.2) is 4.90 Å². The van der Waals surface area contributed by atoms with E-state index in [-0.39, 0.29) is 21.3 Å². The van der Waals surface area contributed by atoms with Crippen LogP contribution in [0.4, 0.5) is 5.69 Å². The van der Waals surface area contributed by atoms with Crippen LogP contribution in [0, 0.1) is 0 Å². The zero-order chi connectivity index (χ0) is 13.6. The third-order valence-corrected chi connectivity index (χ3v) is 3.67. The van der Waals surface area contributed by atoms with E-state index in [1.807, 2.05) is 0 Å². The monoisotopic (exact) mass is 292 g/mol. The van der Waals surface area contributed by atoms with Crippen molar-refractivity contribution in [2.75, 3.05) is 4.90 Å². The van der Waals surface area contributed by atoms with Crippen molar-refractivity contribution in [3.05, 3.63) is 57.8 Å². The summed E-state index contributed by atoms with van der Waals surface area (Å²) in [6.07, 6.45) is 2.83. The number of aromatic nitrogens is 1. The average Bonchev–Trinajstić information content (AvgIpc) is 2.67. The molecule has 1 aliphatic heterocycles. The second kappa shape index (κ2) is 4.33. The molecule has 4 nitrogen and oxygen atoms in total. The Labute approximate surface area is 118 Å². The largest absolute Gasteiger partial charge is 0.268 e. The molecule has 0 aliphatic carbocycles. The number of nitrogens with zero attached hydrogens (tertiary/aromatic N) is 2. The lowest BCUT2D eigenvalue weighted by Gasteiger charge is -2.15. The van der Waals surface area contributed by atoms with Crippen LogP contribution in [-0.4, -0.2) is 16.8 Å². The van der Waals surface area contributed by atoms with Gasteiger partial charge in [-0.3, -0.25) is 14.6 Å². The molecule has 1 aromatic carbocycles. The van der Waals surface area contributed by atoms with Crippen molar-refractivity contribution in [1.82, 2.24) is 4.98 Å². The summed E-state index contributed by atoms with van der Waals surface area (Å²) in [5.41, 5.74) is 0.861. The van der Waals surface area contributed by atoms with Gasteiger partial charge in [-0.05, 0) is 18.2 Å². The highest BCUT2D eigenvalue weighted by Gasteiger charge is 2.37. The molecule has 0 saturated heterocycles. The van der Waals surface area contributed by atoms with Gasteiger partial charge < -0.3 is 0 Å². The van der Waals surface area contributed by atoms with Crippen LogP contribution >= 0.6 is 23.2 Å². The summed E-state index contributed by atoms with van der Waals surface area (Å²) in [4.78, 5) is 29.3. The molecule has 3 rings (SSSR count). The Morgan fingerprint density at radius 3 is 2.47 bits per heavy atom. The molecule has 0 N–H and O–H groups in total. The number of hydrogen-bond donors (Lipinski definition) is 0. The summed E-state index contributed by atoms with van der Waals surface area (Å²) in [7, 11) is 0. The molecule has 0 unspecified atom stereocenters. The standard InChI is InChI=1S/C13H6Cl2N2O2/c14-9-2-1-3-10(11(9)15)17-12(18)7-4-5-16-6-8(7)13(17)19/h1-6H. The Bertz CT molecular complexity index is 681. The van der Waals surface area contributed by atoms with E-state index >= 15 is 0 Å². The minimum absolute atomic E-state index is 0.173. The van der Waals surface area contributed by atoms with E-state index in [4.69, 9.17) is 23.2 Å². The zero-order valence-corrected chi connectivity index (χ0v) is 10.9. The number of anilines is 1. The molecule has 2 aromatic rings. The van der Waals surface area contributed by atoms with Crippen molar-refractivity contribution in [2.24, 2.45) is 0 Å². The van der Waals surface area contributed by atoms with Crippen LogP contribution in [0.15, 0.2) is 36.7 Å². The van der Waals surface area contributed by atoms with Crippen LogP contribution in [0.25, 0.3) is 0 Å². The van der Waals surface area contributed by atoms with E-state index in [0.717, 1.165) is 4.90 Å². The number of pyridine rings is 1. The first-order valence-corrected chi connectivity index (χ1v) is 6.13. The molecular weight excluding hydrogens is 287 g/mol. The number of fused-ring (bicyclic) bond motifs is 1. The number of imide groups is 1. The highest BCUT2D eigenvalue weighted by Crippen LogP contribution is 2.36. The van der Waals surface area contributed by atoms with Gasteiger partial charge in [0.2, 0.25) is 0 Å². The lowest BCUT2D eigenvalue weighted by atomic mass is 10.2. The van der Waals surface area contributed by atoms with E-state index in [1.165, 1.54) is 18.5 Å². The predicted molar refractivity (Wildman–Crippen MR) is 71.8 cm³/mol. The van der Waals surface area contributed by atoms with Crippen molar-refractivity contribution in [1.29, 1.82) is 0 Å². The molecule has 2 heterocycles. The van der Waals surface area contributed by atoms with Crippen LogP contribution < -0.4 is 4.90 Å². The van der Waals surface area contributed by atoms with Gasteiger partial charge in [0.25, 0.3) is 11.8 Å². The number of hydrogen-bond acceptors (Lipinski definition) is 3. The highest BCUT2D eigenvalue weighted by atomic mass is 35.5. The van der Waals surface area contributed by atoms with Gasteiger partial charge in [-0.15, -0.1) is 0 Å². The van der Waals surface area contributed by atoms with Crippen LogP contribution in [0.1, 0.15) is 20.7 Å².